The maximum absolute atomic E-state index is 13.5. The van der Waals surface area contributed by atoms with Crippen LogP contribution in [0.2, 0.25) is 5.02 Å². The van der Waals surface area contributed by atoms with Crippen LogP contribution in [0.25, 0.3) is 0 Å². The molecule has 21 heavy (non-hydrogen) atoms. The molecule has 4 nitrogen and oxygen atoms in total. The van der Waals surface area contributed by atoms with Crippen LogP contribution in [0.1, 0.15) is 11.7 Å². The number of aliphatic hydroxyl groups is 1. The highest BCUT2D eigenvalue weighted by Crippen LogP contribution is 2.18. The molecule has 0 bridgehead atoms. The van der Waals surface area contributed by atoms with Crippen LogP contribution in [0.4, 0.5) is 4.39 Å². The summed E-state index contributed by atoms with van der Waals surface area (Å²) in [7, 11) is -3.82. The molecule has 0 radical (unpaired) electrons. The van der Waals surface area contributed by atoms with E-state index in [1.54, 1.807) is 12.1 Å². The van der Waals surface area contributed by atoms with Gasteiger partial charge < -0.3 is 5.11 Å². The van der Waals surface area contributed by atoms with Crippen molar-refractivity contribution in [2.24, 2.45) is 0 Å². The molecule has 0 aliphatic carbocycles. The third-order valence-corrected chi connectivity index (χ3v) is 4.49. The molecule has 0 saturated carbocycles. The molecule has 0 saturated heterocycles. The summed E-state index contributed by atoms with van der Waals surface area (Å²) in [5.41, 5.74) is 0.0336. The summed E-state index contributed by atoms with van der Waals surface area (Å²) in [6.45, 7) is -0.338. The zero-order valence-electron chi connectivity index (χ0n) is 10.8. The molecule has 0 aromatic heterocycles. The first-order valence-corrected chi connectivity index (χ1v) is 7.94. The van der Waals surface area contributed by atoms with Crippen LogP contribution in [-0.2, 0) is 10.0 Å². The van der Waals surface area contributed by atoms with Gasteiger partial charge in [0.15, 0.2) is 0 Å². The number of hydrogen-bond acceptors (Lipinski definition) is 3. The van der Waals surface area contributed by atoms with E-state index in [4.69, 9.17) is 11.6 Å². The van der Waals surface area contributed by atoms with E-state index in [9.17, 15) is 17.9 Å². The van der Waals surface area contributed by atoms with Gasteiger partial charge in [0.1, 0.15) is 5.82 Å². The molecule has 0 fully saturated rings. The Balaban J connectivity index is 2.10. The van der Waals surface area contributed by atoms with E-state index >= 15 is 0 Å². The lowest BCUT2D eigenvalue weighted by molar-refractivity contribution is 0.177. The van der Waals surface area contributed by atoms with Gasteiger partial charge in [0.25, 0.3) is 0 Å². The van der Waals surface area contributed by atoms with Crippen molar-refractivity contribution in [3.63, 3.8) is 0 Å². The molecule has 0 aliphatic rings. The van der Waals surface area contributed by atoms with Crippen LogP contribution in [0, 0.1) is 5.82 Å². The molecule has 0 aliphatic heterocycles. The Morgan fingerprint density at radius 1 is 1.19 bits per heavy atom. The number of hydrogen-bond donors (Lipinski definition) is 2. The molecule has 7 heteroatoms. The topological polar surface area (TPSA) is 66.4 Å². The Hall–Kier alpha value is -1.47. The minimum Gasteiger partial charge on any atom is -0.387 e. The highest BCUT2D eigenvalue weighted by atomic mass is 35.5. The molecule has 2 aromatic rings. The molecule has 1 atom stereocenters. The van der Waals surface area contributed by atoms with Crippen molar-refractivity contribution in [2.75, 3.05) is 6.54 Å². The van der Waals surface area contributed by atoms with Crippen LogP contribution >= 0.6 is 11.6 Å². The first kappa shape index (κ1) is 15.9. The van der Waals surface area contributed by atoms with Gasteiger partial charge in [0.05, 0.1) is 11.0 Å². The van der Waals surface area contributed by atoms with Crippen molar-refractivity contribution in [1.29, 1.82) is 0 Å². The summed E-state index contributed by atoms with van der Waals surface area (Å²) < 4.78 is 39.8. The van der Waals surface area contributed by atoms with Crippen LogP contribution in [0.3, 0.4) is 0 Å². The van der Waals surface area contributed by atoms with Crippen LogP contribution in [0.5, 0.6) is 0 Å². The summed E-state index contributed by atoms with van der Waals surface area (Å²) in [4.78, 5) is -0.0178. The first-order valence-electron chi connectivity index (χ1n) is 6.08. The Morgan fingerprint density at radius 3 is 2.57 bits per heavy atom. The second kappa shape index (κ2) is 6.53. The summed E-state index contributed by atoms with van der Waals surface area (Å²) >= 11 is 5.74. The third-order valence-electron chi connectivity index (χ3n) is 2.84. The van der Waals surface area contributed by atoms with Gasteiger partial charge >= 0.3 is 0 Å². The molecule has 0 amide bonds. The van der Waals surface area contributed by atoms with Crippen LogP contribution < -0.4 is 4.72 Å². The molecule has 2 N–H and O–H groups in total. The Bertz CT molecular complexity index is 737. The number of halogens is 2. The van der Waals surface area contributed by atoms with Crippen molar-refractivity contribution >= 4 is 21.6 Å². The number of rotatable bonds is 5. The van der Waals surface area contributed by atoms with E-state index in [1.165, 1.54) is 36.4 Å². The van der Waals surface area contributed by atoms with E-state index in [-0.39, 0.29) is 22.0 Å². The van der Waals surface area contributed by atoms with Crippen molar-refractivity contribution in [1.82, 2.24) is 4.72 Å². The van der Waals surface area contributed by atoms with Crippen molar-refractivity contribution in [2.45, 2.75) is 11.0 Å². The lowest BCUT2D eigenvalue weighted by Gasteiger charge is -2.13. The molecule has 112 valence electrons. The van der Waals surface area contributed by atoms with E-state index in [0.717, 1.165) is 0 Å². The average molecular weight is 330 g/mol. The predicted octanol–water partition coefficient (Wildman–Crippen LogP) is 2.49. The van der Waals surface area contributed by atoms with Gasteiger partial charge in [0.2, 0.25) is 10.0 Å². The SMILES string of the molecule is O=S(=O)(NCC(O)c1ccccc1F)c1cccc(Cl)c1. The molecule has 0 spiro atoms. The molecule has 2 aromatic carbocycles. The lowest BCUT2D eigenvalue weighted by atomic mass is 10.1. The lowest BCUT2D eigenvalue weighted by Crippen LogP contribution is -2.28. The fraction of sp³-hybridized carbons (Fsp3) is 0.143. The summed E-state index contributed by atoms with van der Waals surface area (Å²) in [6.07, 6.45) is -1.28. The number of aliphatic hydroxyl groups excluding tert-OH is 1. The number of nitrogens with one attached hydrogen (secondary N) is 1. The first-order chi connectivity index (χ1) is 9.90. The molecule has 0 heterocycles. The average Bonchev–Trinajstić information content (AvgIpc) is 2.45. The smallest absolute Gasteiger partial charge is 0.240 e. The number of benzene rings is 2. The van der Waals surface area contributed by atoms with Crippen molar-refractivity contribution in [3.05, 3.63) is 64.9 Å². The third kappa shape index (κ3) is 4.01. The summed E-state index contributed by atoms with van der Waals surface area (Å²) in [5.74, 6) is -0.591. The van der Waals surface area contributed by atoms with Crippen molar-refractivity contribution in [3.8, 4) is 0 Å². The quantitative estimate of drug-likeness (QED) is 0.885. The zero-order valence-corrected chi connectivity index (χ0v) is 12.4. The largest absolute Gasteiger partial charge is 0.387 e. The maximum Gasteiger partial charge on any atom is 0.240 e. The fourth-order valence-electron chi connectivity index (χ4n) is 1.76. The van der Waals surface area contributed by atoms with E-state index in [0.29, 0.717) is 0 Å². The molecule has 1 unspecified atom stereocenters. The molecular weight excluding hydrogens is 317 g/mol. The van der Waals surface area contributed by atoms with E-state index in [2.05, 4.69) is 4.72 Å². The Morgan fingerprint density at radius 2 is 1.90 bits per heavy atom. The normalized spacial score (nSPS) is 13.1. The maximum atomic E-state index is 13.5. The summed E-state index contributed by atoms with van der Waals surface area (Å²) in [5, 5.41) is 10.2. The van der Waals surface area contributed by atoms with Gasteiger partial charge in [-0.25, -0.2) is 17.5 Å². The van der Waals surface area contributed by atoms with E-state index < -0.39 is 21.9 Å². The van der Waals surface area contributed by atoms with Gasteiger partial charge in [-0.05, 0) is 24.3 Å². The Labute approximate surface area is 127 Å². The summed E-state index contributed by atoms with van der Waals surface area (Å²) in [6, 6.07) is 11.4. The monoisotopic (exact) mass is 329 g/mol. The minimum absolute atomic E-state index is 0.0178. The van der Waals surface area contributed by atoms with Crippen LogP contribution in [0.15, 0.2) is 53.4 Å². The zero-order chi connectivity index (χ0) is 15.5. The van der Waals surface area contributed by atoms with Gasteiger partial charge in [-0.3, -0.25) is 0 Å². The second-order valence-corrected chi connectivity index (χ2v) is 6.55. The fourth-order valence-corrected chi connectivity index (χ4v) is 3.10. The second-order valence-electron chi connectivity index (χ2n) is 4.35. The van der Waals surface area contributed by atoms with Gasteiger partial charge in [0, 0.05) is 17.1 Å². The van der Waals surface area contributed by atoms with Gasteiger partial charge in [-0.1, -0.05) is 35.9 Å². The predicted molar refractivity (Wildman–Crippen MR) is 78.0 cm³/mol. The van der Waals surface area contributed by atoms with Gasteiger partial charge in [-0.15, -0.1) is 0 Å². The van der Waals surface area contributed by atoms with Crippen molar-refractivity contribution < 1.29 is 17.9 Å². The highest BCUT2D eigenvalue weighted by molar-refractivity contribution is 7.89. The number of sulfonamides is 1. The van der Waals surface area contributed by atoms with Crippen LogP contribution in [-0.4, -0.2) is 20.1 Å². The molecule has 2 rings (SSSR count). The van der Waals surface area contributed by atoms with E-state index in [1.807, 2.05) is 0 Å². The minimum atomic E-state index is -3.82. The Kier molecular flexibility index (Phi) is 4.95. The van der Waals surface area contributed by atoms with Gasteiger partial charge in [-0.2, -0.15) is 0 Å². The standard InChI is InChI=1S/C14H13ClFNO3S/c15-10-4-3-5-11(8-10)21(19,20)17-9-14(18)12-6-1-2-7-13(12)16/h1-8,14,17-18H,9H2. The highest BCUT2D eigenvalue weighted by Gasteiger charge is 2.18. The molecular formula is C14H13ClFNO3S.